The average molecular weight is 429 g/mol. The second-order valence-electron chi connectivity index (χ2n) is 7.71. The van der Waals surface area contributed by atoms with Crippen LogP contribution < -0.4 is 0 Å². The molecular weight excluding hydrogens is 404 g/mol. The van der Waals surface area contributed by atoms with Crippen molar-refractivity contribution in [3.8, 4) is 5.82 Å². The molecule has 4 heterocycles. The van der Waals surface area contributed by atoms with Crippen LogP contribution in [-0.4, -0.2) is 61.8 Å². The minimum absolute atomic E-state index is 0.152. The number of piperazine rings is 1. The number of aryl methyl sites for hydroxylation is 4. The smallest absolute Gasteiger partial charge is 0.274 e. The number of pyridine rings is 1. The van der Waals surface area contributed by atoms with Crippen molar-refractivity contribution in [3.05, 3.63) is 57.3 Å². The van der Waals surface area contributed by atoms with Crippen molar-refractivity contribution in [1.82, 2.24) is 29.7 Å². The average Bonchev–Trinajstić information content (AvgIpc) is 3.23. The van der Waals surface area contributed by atoms with E-state index in [1.54, 1.807) is 16.8 Å². The van der Waals surface area contributed by atoms with Gasteiger partial charge in [-0.05, 0) is 45.9 Å². The summed E-state index contributed by atoms with van der Waals surface area (Å²) in [6.07, 6.45) is 0. The van der Waals surface area contributed by atoms with Crippen molar-refractivity contribution >= 4 is 17.5 Å². The summed E-state index contributed by atoms with van der Waals surface area (Å²) in [6, 6.07) is 5.46. The fourth-order valence-electron chi connectivity index (χ4n) is 3.77. The van der Waals surface area contributed by atoms with Crippen LogP contribution in [0.5, 0.6) is 0 Å². The lowest BCUT2D eigenvalue weighted by Crippen LogP contribution is -2.48. The maximum Gasteiger partial charge on any atom is 0.274 e. The Hall–Kier alpha value is -2.71. The Labute approximate surface area is 180 Å². The van der Waals surface area contributed by atoms with Gasteiger partial charge in [-0.3, -0.25) is 9.69 Å². The summed E-state index contributed by atoms with van der Waals surface area (Å²) in [5, 5.41) is 8.82. The molecule has 0 spiro atoms. The monoisotopic (exact) mass is 428 g/mol. The molecule has 158 valence electrons. The van der Waals surface area contributed by atoms with Crippen LogP contribution in [0.3, 0.4) is 0 Å². The minimum atomic E-state index is -0.152. The first-order valence-electron chi connectivity index (χ1n) is 9.97. The van der Waals surface area contributed by atoms with Crippen molar-refractivity contribution in [2.45, 2.75) is 34.2 Å². The molecule has 0 bridgehead atoms. The van der Waals surface area contributed by atoms with E-state index < -0.39 is 0 Å². The summed E-state index contributed by atoms with van der Waals surface area (Å²) in [6.45, 7) is 11.3. The SMILES string of the molecule is Cc1cc(C)n(-c2ccc(Cl)c(C(=O)N3CCN(Cc4c(C)noc4C)CC3)n2)n1. The van der Waals surface area contributed by atoms with Gasteiger partial charge in [-0.15, -0.1) is 0 Å². The second kappa shape index (κ2) is 8.20. The van der Waals surface area contributed by atoms with Gasteiger partial charge >= 0.3 is 0 Å². The predicted molar refractivity (Wildman–Crippen MR) is 113 cm³/mol. The normalized spacial score (nSPS) is 15.0. The first-order chi connectivity index (χ1) is 14.3. The van der Waals surface area contributed by atoms with E-state index in [2.05, 4.69) is 20.1 Å². The van der Waals surface area contributed by atoms with Gasteiger partial charge in [0.05, 0.1) is 16.4 Å². The maximum atomic E-state index is 13.1. The molecule has 30 heavy (non-hydrogen) atoms. The molecule has 1 fully saturated rings. The molecule has 0 aliphatic carbocycles. The Morgan fingerprint density at radius 1 is 1.13 bits per heavy atom. The van der Waals surface area contributed by atoms with Crippen molar-refractivity contribution in [2.24, 2.45) is 0 Å². The van der Waals surface area contributed by atoms with Gasteiger partial charge in [0, 0.05) is 44.0 Å². The van der Waals surface area contributed by atoms with Crippen molar-refractivity contribution in [3.63, 3.8) is 0 Å². The highest BCUT2D eigenvalue weighted by molar-refractivity contribution is 6.33. The summed E-state index contributed by atoms with van der Waals surface area (Å²) in [5.41, 5.74) is 4.15. The van der Waals surface area contributed by atoms with E-state index in [-0.39, 0.29) is 11.6 Å². The summed E-state index contributed by atoms with van der Waals surface area (Å²) in [5.74, 6) is 1.29. The standard InChI is InChI=1S/C21H25ClN6O2/c1-13-11-14(2)28(24-13)19-6-5-18(22)20(23-19)21(29)27-9-7-26(8-10-27)12-17-15(3)25-30-16(17)4/h5-6,11H,7-10,12H2,1-4H3. The molecule has 0 aromatic carbocycles. The van der Waals surface area contributed by atoms with Gasteiger partial charge < -0.3 is 9.42 Å². The molecule has 3 aromatic heterocycles. The van der Waals surface area contributed by atoms with Crippen LogP contribution in [0.1, 0.15) is 38.9 Å². The number of rotatable bonds is 4. The fourth-order valence-corrected chi connectivity index (χ4v) is 3.96. The molecule has 0 saturated carbocycles. The molecule has 3 aromatic rings. The summed E-state index contributed by atoms with van der Waals surface area (Å²) < 4.78 is 6.98. The molecule has 0 unspecified atom stereocenters. The number of hydrogen-bond acceptors (Lipinski definition) is 6. The van der Waals surface area contributed by atoms with E-state index in [0.29, 0.717) is 23.9 Å². The molecule has 0 N–H and O–H groups in total. The zero-order chi connectivity index (χ0) is 21.4. The van der Waals surface area contributed by atoms with Gasteiger partial charge in [0.1, 0.15) is 11.5 Å². The van der Waals surface area contributed by atoms with Gasteiger partial charge in [0.15, 0.2) is 5.82 Å². The highest BCUT2D eigenvalue weighted by Crippen LogP contribution is 2.21. The zero-order valence-electron chi connectivity index (χ0n) is 17.6. The van der Waals surface area contributed by atoms with E-state index in [4.69, 9.17) is 16.1 Å². The number of carbonyl (C=O) groups is 1. The Morgan fingerprint density at radius 2 is 1.87 bits per heavy atom. The van der Waals surface area contributed by atoms with Crippen LogP contribution >= 0.6 is 11.6 Å². The maximum absolute atomic E-state index is 13.1. The van der Waals surface area contributed by atoms with Crippen molar-refractivity contribution in [2.75, 3.05) is 26.2 Å². The lowest BCUT2D eigenvalue weighted by Gasteiger charge is -2.34. The molecule has 4 rings (SSSR count). The third-order valence-electron chi connectivity index (χ3n) is 5.48. The number of nitrogens with zero attached hydrogens (tertiary/aromatic N) is 6. The van der Waals surface area contributed by atoms with E-state index >= 15 is 0 Å². The molecule has 1 amide bonds. The lowest BCUT2D eigenvalue weighted by molar-refractivity contribution is 0.0622. The molecular formula is C21H25ClN6O2. The number of amides is 1. The topological polar surface area (TPSA) is 80.3 Å². The first kappa shape index (κ1) is 20.6. The minimum Gasteiger partial charge on any atom is -0.361 e. The Balaban J connectivity index is 1.46. The Morgan fingerprint density at radius 3 is 2.47 bits per heavy atom. The molecule has 8 nitrogen and oxygen atoms in total. The highest BCUT2D eigenvalue weighted by atomic mass is 35.5. The summed E-state index contributed by atoms with van der Waals surface area (Å²) in [4.78, 5) is 21.8. The van der Waals surface area contributed by atoms with Crippen molar-refractivity contribution in [1.29, 1.82) is 0 Å². The van der Waals surface area contributed by atoms with E-state index in [1.165, 1.54) is 0 Å². The Bertz CT molecular complexity index is 1060. The summed E-state index contributed by atoms with van der Waals surface area (Å²) >= 11 is 6.33. The lowest BCUT2D eigenvalue weighted by atomic mass is 10.1. The number of aromatic nitrogens is 4. The predicted octanol–water partition coefficient (Wildman–Crippen LogP) is 3.10. The zero-order valence-corrected chi connectivity index (χ0v) is 18.4. The molecule has 9 heteroatoms. The van der Waals surface area contributed by atoms with Crippen LogP contribution in [0.15, 0.2) is 22.7 Å². The molecule has 1 aliphatic heterocycles. The first-order valence-corrected chi connectivity index (χ1v) is 10.3. The molecule has 1 saturated heterocycles. The molecule has 0 atom stereocenters. The third-order valence-corrected chi connectivity index (χ3v) is 5.79. The van der Waals surface area contributed by atoms with Gasteiger partial charge in [-0.2, -0.15) is 5.10 Å². The quantitative estimate of drug-likeness (QED) is 0.635. The van der Waals surface area contributed by atoms with Crippen LogP contribution in [0.2, 0.25) is 5.02 Å². The largest absolute Gasteiger partial charge is 0.361 e. The van der Waals surface area contributed by atoms with E-state index in [9.17, 15) is 4.79 Å². The van der Waals surface area contributed by atoms with Crippen LogP contribution in [-0.2, 0) is 6.54 Å². The number of carbonyl (C=O) groups excluding carboxylic acids is 1. The molecule has 1 aliphatic rings. The van der Waals surface area contributed by atoms with Gasteiger partial charge in [0.25, 0.3) is 5.91 Å². The summed E-state index contributed by atoms with van der Waals surface area (Å²) in [7, 11) is 0. The number of halogens is 1. The molecule has 0 radical (unpaired) electrons. The van der Waals surface area contributed by atoms with Gasteiger partial charge in [0.2, 0.25) is 0 Å². The van der Waals surface area contributed by atoms with Crippen molar-refractivity contribution < 1.29 is 9.32 Å². The van der Waals surface area contributed by atoms with Crippen LogP contribution in [0.25, 0.3) is 5.82 Å². The Kier molecular flexibility index (Phi) is 5.62. The third kappa shape index (κ3) is 3.97. The van der Waals surface area contributed by atoms with Gasteiger partial charge in [-0.1, -0.05) is 16.8 Å². The van der Waals surface area contributed by atoms with Crippen LogP contribution in [0.4, 0.5) is 0 Å². The van der Waals surface area contributed by atoms with Gasteiger partial charge in [-0.25, -0.2) is 9.67 Å². The highest BCUT2D eigenvalue weighted by Gasteiger charge is 2.26. The fraction of sp³-hybridized carbons (Fsp3) is 0.429. The number of hydrogen-bond donors (Lipinski definition) is 0. The second-order valence-corrected chi connectivity index (χ2v) is 8.12. The van der Waals surface area contributed by atoms with E-state index in [1.807, 2.05) is 38.7 Å². The van der Waals surface area contributed by atoms with E-state index in [0.717, 1.165) is 48.0 Å². The van der Waals surface area contributed by atoms with Crippen LogP contribution in [0, 0.1) is 27.7 Å².